The van der Waals surface area contributed by atoms with Crippen LogP contribution in [0.1, 0.15) is 37.7 Å². The van der Waals surface area contributed by atoms with Gasteiger partial charge in [-0.05, 0) is 24.5 Å². The van der Waals surface area contributed by atoms with E-state index in [2.05, 4.69) is 24.8 Å². The molecule has 5 rings (SSSR count). The predicted octanol–water partition coefficient (Wildman–Crippen LogP) is 4.13. The molecule has 3 heterocycles. The average molecular weight is 599 g/mol. The molecule has 1 aliphatic rings. The van der Waals surface area contributed by atoms with Crippen LogP contribution in [0.2, 0.25) is 0 Å². The number of H-pyrrole nitrogens is 1. The number of nitrogens with two attached hydrogens (primary N) is 2. The van der Waals surface area contributed by atoms with Crippen molar-refractivity contribution in [1.82, 2.24) is 29.7 Å². The van der Waals surface area contributed by atoms with Gasteiger partial charge in [-0.1, -0.05) is 25.7 Å². The van der Waals surface area contributed by atoms with Crippen LogP contribution >= 0.6 is 0 Å². The second-order valence-corrected chi connectivity index (χ2v) is 9.38. The Bertz CT molecular complexity index is 1690. The summed E-state index contributed by atoms with van der Waals surface area (Å²) in [6.07, 6.45) is 4.09. The van der Waals surface area contributed by atoms with Crippen molar-refractivity contribution in [2.24, 2.45) is 5.92 Å². The van der Waals surface area contributed by atoms with Gasteiger partial charge in [-0.25, -0.2) is 24.4 Å². The molecule has 42 heavy (non-hydrogen) atoms. The second-order valence-electron chi connectivity index (χ2n) is 9.38. The normalized spacial score (nSPS) is 13.2. The number of benzene rings is 1. The third-order valence-electron chi connectivity index (χ3n) is 6.28. The van der Waals surface area contributed by atoms with Crippen molar-refractivity contribution in [3.05, 3.63) is 62.9 Å². The molecule has 1 aromatic carbocycles. The van der Waals surface area contributed by atoms with Gasteiger partial charge in [-0.2, -0.15) is 27.1 Å². The van der Waals surface area contributed by atoms with E-state index in [0.717, 1.165) is 37.2 Å². The highest BCUT2D eigenvalue weighted by Crippen LogP contribution is 2.34. The van der Waals surface area contributed by atoms with Crippen molar-refractivity contribution in [2.75, 3.05) is 11.5 Å². The number of nitrogen functional groups attached to an aromatic ring is 2. The van der Waals surface area contributed by atoms with E-state index in [9.17, 15) is 35.9 Å². The van der Waals surface area contributed by atoms with Crippen molar-refractivity contribution in [1.29, 1.82) is 0 Å². The van der Waals surface area contributed by atoms with Gasteiger partial charge in [-0.3, -0.25) is 14.2 Å². The summed E-state index contributed by atoms with van der Waals surface area (Å²) in [6, 6.07) is 2.43. The SMILES string of the molecule is Nc1cn[nH]c(=O)c1C(F)(F)F.Nc1nc(-c2cc3ncn(CCCCC4CC4)c(=O)c3cc2F)ncc1OC(F)F. The van der Waals surface area contributed by atoms with Gasteiger partial charge in [0, 0.05) is 6.54 Å². The Balaban J connectivity index is 0.000000283. The maximum absolute atomic E-state index is 14.7. The van der Waals surface area contributed by atoms with E-state index in [-0.39, 0.29) is 33.7 Å². The number of ether oxygens (including phenoxy) is 1. The number of hydrogen-bond donors (Lipinski definition) is 3. The van der Waals surface area contributed by atoms with Gasteiger partial charge in [0.1, 0.15) is 11.4 Å². The highest BCUT2D eigenvalue weighted by atomic mass is 19.4. The summed E-state index contributed by atoms with van der Waals surface area (Å²) in [5.74, 6) is -0.780. The number of fused-ring (bicyclic) bond motifs is 1. The Kier molecular flexibility index (Phi) is 8.96. The van der Waals surface area contributed by atoms with Crippen LogP contribution < -0.4 is 27.3 Å². The average Bonchev–Trinajstić information content (AvgIpc) is 3.73. The number of aromatic nitrogens is 6. The Morgan fingerprint density at radius 1 is 1.10 bits per heavy atom. The van der Waals surface area contributed by atoms with Gasteiger partial charge in [0.25, 0.3) is 11.1 Å². The number of halogens is 6. The van der Waals surface area contributed by atoms with Crippen molar-refractivity contribution in [2.45, 2.75) is 51.4 Å². The zero-order chi connectivity index (χ0) is 30.6. The lowest BCUT2D eigenvalue weighted by atomic mass is 10.1. The van der Waals surface area contributed by atoms with Crippen molar-refractivity contribution in [3.63, 3.8) is 0 Å². The quantitative estimate of drug-likeness (QED) is 0.200. The van der Waals surface area contributed by atoms with E-state index < -0.39 is 41.2 Å². The van der Waals surface area contributed by atoms with Crippen LogP contribution in [-0.2, 0) is 12.7 Å². The van der Waals surface area contributed by atoms with E-state index in [0.29, 0.717) is 6.54 Å². The zero-order valence-electron chi connectivity index (χ0n) is 21.7. The number of nitrogens with one attached hydrogen (secondary N) is 1. The maximum Gasteiger partial charge on any atom is 0.423 e. The molecular formula is C25H24F6N8O3. The molecule has 5 N–H and O–H groups in total. The molecule has 1 aliphatic carbocycles. The Labute approximate surface area is 232 Å². The smallest absolute Gasteiger partial charge is 0.423 e. The second kappa shape index (κ2) is 12.4. The van der Waals surface area contributed by atoms with Crippen LogP contribution in [0.3, 0.4) is 0 Å². The molecule has 4 aromatic rings. The molecule has 0 atom stereocenters. The summed E-state index contributed by atoms with van der Waals surface area (Å²) >= 11 is 0. The number of rotatable bonds is 8. The number of alkyl halides is 5. The fourth-order valence-corrected chi connectivity index (χ4v) is 4.04. The van der Waals surface area contributed by atoms with E-state index in [1.54, 1.807) is 5.10 Å². The van der Waals surface area contributed by atoms with Crippen LogP contribution in [0.15, 0.2) is 40.4 Å². The maximum atomic E-state index is 14.7. The van der Waals surface area contributed by atoms with Crippen molar-refractivity contribution < 1.29 is 31.1 Å². The van der Waals surface area contributed by atoms with Gasteiger partial charge in [-0.15, -0.1) is 0 Å². The summed E-state index contributed by atoms with van der Waals surface area (Å²) in [6.45, 7) is -2.55. The lowest BCUT2D eigenvalue weighted by molar-refractivity contribution is -0.138. The Morgan fingerprint density at radius 2 is 1.83 bits per heavy atom. The highest BCUT2D eigenvalue weighted by Gasteiger charge is 2.36. The van der Waals surface area contributed by atoms with Crippen molar-refractivity contribution in [3.8, 4) is 17.1 Å². The summed E-state index contributed by atoms with van der Waals surface area (Å²) < 4.78 is 81.0. The number of hydrogen-bond acceptors (Lipinski definition) is 9. The molecule has 0 radical (unpaired) electrons. The zero-order valence-corrected chi connectivity index (χ0v) is 21.7. The summed E-state index contributed by atoms with van der Waals surface area (Å²) in [7, 11) is 0. The lowest BCUT2D eigenvalue weighted by Crippen LogP contribution is -2.24. The molecule has 0 spiro atoms. The summed E-state index contributed by atoms with van der Waals surface area (Å²) in [5.41, 5.74) is 7.00. The molecule has 0 unspecified atom stereocenters. The first-order chi connectivity index (χ1) is 19.8. The van der Waals surface area contributed by atoms with E-state index in [4.69, 9.17) is 11.5 Å². The fourth-order valence-electron chi connectivity index (χ4n) is 4.04. The number of unbranched alkanes of at least 4 members (excludes halogenated alkanes) is 1. The Morgan fingerprint density at radius 3 is 2.43 bits per heavy atom. The molecule has 17 heteroatoms. The third kappa shape index (κ3) is 7.32. The first-order valence-corrected chi connectivity index (χ1v) is 12.5. The number of nitrogens with zero attached hydrogens (tertiary/aromatic N) is 5. The third-order valence-corrected chi connectivity index (χ3v) is 6.28. The fraction of sp³-hybridized carbons (Fsp3) is 0.360. The summed E-state index contributed by atoms with van der Waals surface area (Å²) in [4.78, 5) is 35.2. The largest absolute Gasteiger partial charge is 0.429 e. The van der Waals surface area contributed by atoms with Crippen LogP contribution in [-0.4, -0.2) is 36.3 Å². The summed E-state index contributed by atoms with van der Waals surface area (Å²) in [5, 5.41) is 4.88. The predicted molar refractivity (Wildman–Crippen MR) is 139 cm³/mol. The van der Waals surface area contributed by atoms with Gasteiger partial charge < -0.3 is 16.2 Å². The molecule has 3 aromatic heterocycles. The van der Waals surface area contributed by atoms with E-state index in [1.165, 1.54) is 36.2 Å². The molecule has 0 saturated heterocycles. The number of aryl methyl sites for hydroxylation is 1. The topological polar surface area (TPSA) is 168 Å². The van der Waals surface area contributed by atoms with Gasteiger partial charge in [0.15, 0.2) is 17.4 Å². The van der Waals surface area contributed by atoms with Crippen LogP contribution in [0.4, 0.5) is 37.8 Å². The minimum Gasteiger partial charge on any atom is -0.429 e. The first kappa shape index (κ1) is 30.3. The van der Waals surface area contributed by atoms with Gasteiger partial charge >= 0.3 is 12.8 Å². The minimum atomic E-state index is -4.74. The van der Waals surface area contributed by atoms with Gasteiger partial charge in [0.2, 0.25) is 0 Å². The molecule has 224 valence electrons. The van der Waals surface area contributed by atoms with Crippen LogP contribution in [0.25, 0.3) is 22.3 Å². The number of anilines is 2. The Hall–Kier alpha value is -4.70. The van der Waals surface area contributed by atoms with Gasteiger partial charge in [0.05, 0.1) is 40.9 Å². The van der Waals surface area contributed by atoms with E-state index in [1.807, 2.05) is 0 Å². The molecule has 0 bridgehead atoms. The molecule has 0 aliphatic heterocycles. The molecule has 1 fully saturated rings. The van der Waals surface area contributed by atoms with Crippen LogP contribution in [0, 0.1) is 11.7 Å². The first-order valence-electron chi connectivity index (χ1n) is 12.5. The monoisotopic (exact) mass is 598 g/mol. The van der Waals surface area contributed by atoms with Crippen LogP contribution in [0.5, 0.6) is 5.75 Å². The lowest BCUT2D eigenvalue weighted by Gasteiger charge is -2.10. The highest BCUT2D eigenvalue weighted by molar-refractivity contribution is 5.82. The molecule has 11 nitrogen and oxygen atoms in total. The standard InChI is InChI=1S/C20H20F3N5O2.C5H4F3N3O/c21-14-7-13-15(26-10-28(19(13)29)6-2-1-3-11-4-5-11)8-12(14)18-25-9-16(17(24)27-18)30-20(22)23;6-5(7,8)3-2(9)1-10-11-4(3)12/h7-11,20H,1-6H2,(H2,24,25,27);1H,(H3,9,11,12). The molecule has 0 amide bonds. The minimum absolute atomic E-state index is 0.0492. The molecular weight excluding hydrogens is 574 g/mol. The van der Waals surface area contributed by atoms with E-state index >= 15 is 0 Å². The van der Waals surface area contributed by atoms with Crippen molar-refractivity contribution >= 4 is 22.4 Å². The molecule has 1 saturated carbocycles. The number of aromatic amines is 1.